The average molecular weight is 397 g/mol. The Balaban J connectivity index is 1.48. The predicted octanol–water partition coefficient (Wildman–Crippen LogP) is 2.81. The van der Waals surface area contributed by atoms with E-state index in [9.17, 15) is 18.8 Å². The van der Waals surface area contributed by atoms with Gasteiger partial charge in [0.15, 0.2) is 5.78 Å². The van der Waals surface area contributed by atoms with Gasteiger partial charge in [0.25, 0.3) is 5.91 Å². The van der Waals surface area contributed by atoms with Gasteiger partial charge in [0.1, 0.15) is 5.82 Å². The first-order valence-electron chi connectivity index (χ1n) is 9.59. The first-order valence-corrected chi connectivity index (χ1v) is 9.59. The van der Waals surface area contributed by atoms with E-state index < -0.39 is 5.82 Å². The Bertz CT molecular complexity index is 873. The van der Waals surface area contributed by atoms with Crippen LogP contribution < -0.4 is 5.32 Å². The molecule has 1 N–H and O–H groups in total. The summed E-state index contributed by atoms with van der Waals surface area (Å²) in [7, 11) is 2.03. The number of benzene rings is 2. The van der Waals surface area contributed by atoms with E-state index in [0.717, 1.165) is 13.1 Å². The second-order valence-electron chi connectivity index (χ2n) is 7.15. The van der Waals surface area contributed by atoms with E-state index in [2.05, 4.69) is 10.2 Å². The average Bonchev–Trinajstić information content (AvgIpc) is 2.73. The van der Waals surface area contributed by atoms with Crippen molar-refractivity contribution in [3.63, 3.8) is 0 Å². The number of nitrogens with zero attached hydrogens (tertiary/aromatic N) is 2. The number of amides is 2. The van der Waals surface area contributed by atoms with Crippen molar-refractivity contribution in [3.8, 4) is 0 Å². The molecule has 1 aliphatic rings. The third-order valence-corrected chi connectivity index (χ3v) is 4.95. The lowest BCUT2D eigenvalue weighted by Crippen LogP contribution is -2.47. The minimum absolute atomic E-state index is 0.0131. The van der Waals surface area contributed by atoms with Crippen LogP contribution >= 0.6 is 0 Å². The number of piperazine rings is 1. The normalized spacial score (nSPS) is 14.5. The molecule has 2 aromatic carbocycles. The second kappa shape index (κ2) is 9.43. The molecule has 1 aliphatic heterocycles. The van der Waals surface area contributed by atoms with Crippen molar-refractivity contribution in [2.75, 3.05) is 38.5 Å². The van der Waals surface area contributed by atoms with Crippen LogP contribution in [0.2, 0.25) is 0 Å². The van der Waals surface area contributed by atoms with Gasteiger partial charge in [-0.05, 0) is 55.6 Å². The van der Waals surface area contributed by atoms with Crippen molar-refractivity contribution in [3.05, 3.63) is 65.5 Å². The van der Waals surface area contributed by atoms with E-state index in [-0.39, 0.29) is 30.4 Å². The number of halogens is 1. The van der Waals surface area contributed by atoms with Crippen LogP contribution in [-0.4, -0.2) is 60.6 Å². The number of anilines is 1. The van der Waals surface area contributed by atoms with Gasteiger partial charge in [-0.25, -0.2) is 4.39 Å². The van der Waals surface area contributed by atoms with Crippen LogP contribution in [0.3, 0.4) is 0 Å². The molecule has 1 heterocycles. The summed E-state index contributed by atoms with van der Waals surface area (Å²) in [6, 6.07) is 12.0. The fourth-order valence-electron chi connectivity index (χ4n) is 3.12. The molecule has 6 nitrogen and oxygen atoms in total. The summed E-state index contributed by atoms with van der Waals surface area (Å²) >= 11 is 0. The van der Waals surface area contributed by atoms with Crippen LogP contribution in [0.1, 0.15) is 33.6 Å². The zero-order valence-corrected chi connectivity index (χ0v) is 16.4. The topological polar surface area (TPSA) is 69.7 Å². The van der Waals surface area contributed by atoms with Crippen LogP contribution in [0.25, 0.3) is 0 Å². The maximum atomic E-state index is 12.9. The predicted molar refractivity (Wildman–Crippen MR) is 108 cm³/mol. The molecule has 0 aliphatic carbocycles. The van der Waals surface area contributed by atoms with Crippen LogP contribution in [0, 0.1) is 5.82 Å². The Morgan fingerprint density at radius 3 is 2.07 bits per heavy atom. The molecular weight excluding hydrogens is 373 g/mol. The summed E-state index contributed by atoms with van der Waals surface area (Å²) in [5.74, 6) is -0.929. The van der Waals surface area contributed by atoms with Crippen LogP contribution in [0.15, 0.2) is 48.5 Å². The molecule has 2 amide bonds. The van der Waals surface area contributed by atoms with Crippen molar-refractivity contribution < 1.29 is 18.8 Å². The molecule has 0 spiro atoms. The van der Waals surface area contributed by atoms with Crippen LogP contribution in [-0.2, 0) is 4.79 Å². The molecule has 1 saturated heterocycles. The van der Waals surface area contributed by atoms with Crippen molar-refractivity contribution in [2.45, 2.75) is 12.8 Å². The molecule has 0 saturated carbocycles. The maximum Gasteiger partial charge on any atom is 0.253 e. The van der Waals surface area contributed by atoms with E-state index in [1.165, 1.54) is 24.3 Å². The Morgan fingerprint density at radius 1 is 0.862 bits per heavy atom. The van der Waals surface area contributed by atoms with E-state index >= 15 is 0 Å². The molecule has 0 unspecified atom stereocenters. The second-order valence-corrected chi connectivity index (χ2v) is 7.15. The van der Waals surface area contributed by atoms with Gasteiger partial charge in [0.2, 0.25) is 5.91 Å². The number of hydrogen-bond acceptors (Lipinski definition) is 4. The van der Waals surface area contributed by atoms with Crippen molar-refractivity contribution in [1.82, 2.24) is 9.80 Å². The highest BCUT2D eigenvalue weighted by Gasteiger charge is 2.20. The number of hydrogen-bond donors (Lipinski definition) is 1. The van der Waals surface area contributed by atoms with Gasteiger partial charge in [-0.2, -0.15) is 0 Å². The van der Waals surface area contributed by atoms with Crippen LogP contribution in [0.5, 0.6) is 0 Å². The van der Waals surface area contributed by atoms with E-state index in [0.29, 0.717) is 29.9 Å². The summed E-state index contributed by atoms with van der Waals surface area (Å²) in [5.41, 5.74) is 1.53. The third kappa shape index (κ3) is 5.71. The zero-order valence-electron chi connectivity index (χ0n) is 16.4. The van der Waals surface area contributed by atoms with Crippen LogP contribution in [0.4, 0.5) is 10.1 Å². The molecule has 1 fully saturated rings. The Labute approximate surface area is 169 Å². The lowest BCUT2D eigenvalue weighted by molar-refractivity contribution is -0.116. The third-order valence-electron chi connectivity index (χ3n) is 4.95. The molecule has 3 rings (SSSR count). The SMILES string of the molecule is CN1CCN(C(=O)c2ccc(NC(=O)CCC(=O)c3ccc(F)cc3)cc2)CC1. The van der Waals surface area contributed by atoms with E-state index in [4.69, 9.17) is 0 Å². The van der Waals surface area contributed by atoms with Gasteiger partial charge in [-0.1, -0.05) is 0 Å². The fourth-order valence-corrected chi connectivity index (χ4v) is 3.12. The molecule has 29 heavy (non-hydrogen) atoms. The van der Waals surface area contributed by atoms with Gasteiger partial charge in [-0.3, -0.25) is 14.4 Å². The Kier molecular flexibility index (Phi) is 6.72. The molecule has 0 atom stereocenters. The monoisotopic (exact) mass is 397 g/mol. The molecule has 7 heteroatoms. The van der Waals surface area contributed by atoms with E-state index in [1.807, 2.05) is 11.9 Å². The number of carbonyl (C=O) groups excluding carboxylic acids is 3. The molecule has 2 aromatic rings. The molecule has 152 valence electrons. The number of ketones is 1. The molecule has 0 bridgehead atoms. The van der Waals surface area contributed by atoms with E-state index in [1.54, 1.807) is 24.3 Å². The lowest BCUT2D eigenvalue weighted by atomic mass is 10.1. The van der Waals surface area contributed by atoms with Crippen molar-refractivity contribution in [2.24, 2.45) is 0 Å². The highest BCUT2D eigenvalue weighted by molar-refractivity contribution is 6.00. The minimum Gasteiger partial charge on any atom is -0.336 e. The first-order chi connectivity index (χ1) is 13.9. The Hall–Kier alpha value is -3.06. The van der Waals surface area contributed by atoms with Crippen molar-refractivity contribution >= 4 is 23.3 Å². The van der Waals surface area contributed by atoms with Gasteiger partial charge >= 0.3 is 0 Å². The molecular formula is C22H24FN3O3. The molecule has 0 radical (unpaired) electrons. The van der Waals surface area contributed by atoms with Gasteiger partial charge in [0, 0.05) is 55.8 Å². The number of likely N-dealkylation sites (N-methyl/N-ethyl adjacent to an activating group) is 1. The first kappa shape index (κ1) is 20.7. The Morgan fingerprint density at radius 2 is 1.45 bits per heavy atom. The number of rotatable bonds is 6. The minimum atomic E-state index is -0.408. The number of Topliss-reactive ketones (excluding diaryl/α,β-unsaturated/α-hetero) is 1. The lowest BCUT2D eigenvalue weighted by Gasteiger charge is -2.32. The van der Waals surface area contributed by atoms with Gasteiger partial charge in [-0.15, -0.1) is 0 Å². The van der Waals surface area contributed by atoms with Gasteiger partial charge in [0.05, 0.1) is 0 Å². The number of nitrogens with one attached hydrogen (secondary N) is 1. The highest BCUT2D eigenvalue weighted by Crippen LogP contribution is 2.14. The summed E-state index contributed by atoms with van der Waals surface area (Å²) in [4.78, 5) is 40.7. The summed E-state index contributed by atoms with van der Waals surface area (Å²) < 4.78 is 12.9. The number of carbonyl (C=O) groups is 3. The largest absolute Gasteiger partial charge is 0.336 e. The molecule has 0 aromatic heterocycles. The quantitative estimate of drug-likeness (QED) is 0.761. The standard InChI is InChI=1S/C22H24FN3O3/c1-25-12-14-26(15-13-25)22(29)17-4-8-19(9-5-17)24-21(28)11-10-20(27)16-2-6-18(23)7-3-16/h2-9H,10-15H2,1H3,(H,24,28). The maximum absolute atomic E-state index is 12.9. The summed E-state index contributed by atoms with van der Waals surface area (Å²) in [5, 5.41) is 2.73. The summed E-state index contributed by atoms with van der Waals surface area (Å²) in [6.45, 7) is 3.12. The smallest absolute Gasteiger partial charge is 0.253 e. The zero-order chi connectivity index (χ0) is 20.8. The van der Waals surface area contributed by atoms with Crippen molar-refractivity contribution in [1.29, 1.82) is 0 Å². The fraction of sp³-hybridized carbons (Fsp3) is 0.318. The van der Waals surface area contributed by atoms with Gasteiger partial charge < -0.3 is 15.1 Å². The summed E-state index contributed by atoms with van der Waals surface area (Å²) in [6.07, 6.45) is 0.0651. The highest BCUT2D eigenvalue weighted by atomic mass is 19.1.